The fourth-order valence-electron chi connectivity index (χ4n) is 2.64. The normalized spacial score (nSPS) is 14.4. The van der Waals surface area contributed by atoms with Crippen LogP contribution in [0.1, 0.15) is 12.5 Å². The summed E-state index contributed by atoms with van der Waals surface area (Å²) in [5.41, 5.74) is 1.00. The van der Waals surface area contributed by atoms with Crippen molar-refractivity contribution in [1.29, 1.82) is 0 Å². The standard InChI is InChI=1S/C19H16ClNO3S/c1-3-21-18(22)16(14-6-4-5-7-15(14)24-2)17(19(21)23)25-13-10-8-12(20)9-11-13/h4-11H,3H2,1-2H3. The highest BCUT2D eigenvalue weighted by Gasteiger charge is 2.39. The number of thioether (sulfide) groups is 1. The van der Waals surface area contributed by atoms with E-state index in [0.29, 0.717) is 33.4 Å². The van der Waals surface area contributed by atoms with E-state index < -0.39 is 0 Å². The average molecular weight is 374 g/mol. The zero-order valence-corrected chi connectivity index (χ0v) is 15.4. The van der Waals surface area contributed by atoms with E-state index in [0.717, 1.165) is 4.90 Å². The molecule has 128 valence electrons. The highest BCUT2D eigenvalue weighted by molar-refractivity contribution is 8.04. The van der Waals surface area contributed by atoms with Gasteiger partial charge in [-0.1, -0.05) is 41.6 Å². The molecule has 1 aliphatic rings. The molecule has 0 aromatic heterocycles. The number of hydrogen-bond donors (Lipinski definition) is 0. The monoisotopic (exact) mass is 373 g/mol. The third kappa shape index (κ3) is 3.30. The van der Waals surface area contributed by atoms with Gasteiger partial charge in [0.05, 0.1) is 17.6 Å². The molecule has 1 aliphatic heterocycles. The lowest BCUT2D eigenvalue weighted by atomic mass is 10.1. The van der Waals surface area contributed by atoms with Gasteiger partial charge in [0.25, 0.3) is 11.8 Å². The molecule has 0 saturated heterocycles. The van der Waals surface area contributed by atoms with E-state index in [2.05, 4.69) is 0 Å². The van der Waals surface area contributed by atoms with Crippen molar-refractivity contribution < 1.29 is 14.3 Å². The maximum absolute atomic E-state index is 12.8. The van der Waals surface area contributed by atoms with Gasteiger partial charge < -0.3 is 4.74 Å². The molecule has 0 fully saturated rings. The molecular weight excluding hydrogens is 358 g/mol. The summed E-state index contributed by atoms with van der Waals surface area (Å²) in [6, 6.07) is 14.4. The number of benzene rings is 2. The van der Waals surface area contributed by atoms with E-state index in [9.17, 15) is 9.59 Å². The van der Waals surface area contributed by atoms with Crippen molar-refractivity contribution in [2.24, 2.45) is 0 Å². The number of imide groups is 1. The second kappa shape index (κ2) is 7.33. The number of ether oxygens (including phenoxy) is 1. The van der Waals surface area contributed by atoms with E-state index in [1.165, 1.54) is 16.7 Å². The van der Waals surface area contributed by atoms with Gasteiger partial charge in [-0.15, -0.1) is 0 Å². The van der Waals surface area contributed by atoms with Crippen molar-refractivity contribution in [1.82, 2.24) is 4.90 Å². The second-order valence-corrected chi connectivity index (χ2v) is 6.84. The highest BCUT2D eigenvalue weighted by Crippen LogP contribution is 2.42. The van der Waals surface area contributed by atoms with Crippen LogP contribution < -0.4 is 4.74 Å². The van der Waals surface area contributed by atoms with Crippen molar-refractivity contribution in [2.75, 3.05) is 13.7 Å². The smallest absolute Gasteiger partial charge is 0.268 e. The molecule has 0 radical (unpaired) electrons. The number of hydrogen-bond acceptors (Lipinski definition) is 4. The number of carbonyl (C=O) groups excluding carboxylic acids is 2. The molecule has 1 heterocycles. The first-order valence-corrected chi connectivity index (χ1v) is 8.93. The first kappa shape index (κ1) is 17.6. The molecule has 2 aromatic carbocycles. The van der Waals surface area contributed by atoms with Crippen molar-refractivity contribution in [3.05, 3.63) is 64.0 Å². The van der Waals surface area contributed by atoms with Crippen molar-refractivity contribution in [3.8, 4) is 5.75 Å². The maximum Gasteiger partial charge on any atom is 0.268 e. The molecule has 0 unspecified atom stereocenters. The molecule has 0 spiro atoms. The number of nitrogens with zero attached hydrogens (tertiary/aromatic N) is 1. The molecule has 0 N–H and O–H groups in total. The average Bonchev–Trinajstić information content (AvgIpc) is 2.86. The fourth-order valence-corrected chi connectivity index (χ4v) is 3.78. The molecule has 2 amide bonds. The summed E-state index contributed by atoms with van der Waals surface area (Å²) < 4.78 is 5.38. The Morgan fingerprint density at radius 2 is 1.72 bits per heavy atom. The number of likely N-dealkylation sites (N-methyl/N-ethyl adjacent to an activating group) is 1. The molecule has 6 heteroatoms. The van der Waals surface area contributed by atoms with Gasteiger partial charge in [-0.25, -0.2) is 0 Å². The van der Waals surface area contributed by atoms with Crippen molar-refractivity contribution in [2.45, 2.75) is 11.8 Å². The SMILES string of the molecule is CCN1C(=O)C(Sc2ccc(Cl)cc2)=C(c2ccccc2OC)C1=O. The third-order valence-electron chi connectivity index (χ3n) is 3.85. The molecule has 4 nitrogen and oxygen atoms in total. The molecule has 0 saturated carbocycles. The van der Waals surface area contributed by atoms with E-state index in [-0.39, 0.29) is 11.8 Å². The topological polar surface area (TPSA) is 46.6 Å². The van der Waals surface area contributed by atoms with E-state index in [4.69, 9.17) is 16.3 Å². The Kier molecular flexibility index (Phi) is 5.16. The van der Waals surface area contributed by atoms with Crippen molar-refractivity contribution >= 4 is 40.8 Å². The summed E-state index contributed by atoms with van der Waals surface area (Å²) in [6.07, 6.45) is 0. The Labute approximate surface area is 155 Å². The number of carbonyl (C=O) groups is 2. The van der Waals surface area contributed by atoms with Gasteiger partial charge in [0.1, 0.15) is 5.75 Å². The molecule has 2 aromatic rings. The largest absolute Gasteiger partial charge is 0.496 e. The molecule has 3 rings (SSSR count). The first-order valence-electron chi connectivity index (χ1n) is 7.74. The molecule has 0 bridgehead atoms. The Morgan fingerprint density at radius 1 is 1.04 bits per heavy atom. The minimum absolute atomic E-state index is 0.284. The van der Waals surface area contributed by atoms with Crippen LogP contribution in [0.3, 0.4) is 0 Å². The second-order valence-electron chi connectivity index (χ2n) is 5.31. The van der Waals surface area contributed by atoms with Gasteiger partial charge >= 0.3 is 0 Å². The van der Waals surface area contributed by atoms with Crippen LogP contribution in [0, 0.1) is 0 Å². The van der Waals surface area contributed by atoms with Gasteiger partial charge in [-0.05, 0) is 37.3 Å². The number of para-hydroxylation sites is 1. The molecular formula is C19H16ClNO3S. The number of rotatable bonds is 5. The van der Waals surface area contributed by atoms with Gasteiger partial charge in [0.15, 0.2) is 0 Å². The summed E-state index contributed by atoms with van der Waals surface area (Å²) in [6.45, 7) is 2.10. The molecule has 0 atom stereocenters. The Morgan fingerprint density at radius 3 is 2.36 bits per heavy atom. The van der Waals surface area contributed by atoms with Gasteiger partial charge in [0, 0.05) is 22.0 Å². The summed E-state index contributed by atoms with van der Waals surface area (Å²) in [5, 5.41) is 0.618. The summed E-state index contributed by atoms with van der Waals surface area (Å²) in [5.74, 6) is -0.0207. The van der Waals surface area contributed by atoms with E-state index in [1.54, 1.807) is 38.3 Å². The summed E-state index contributed by atoms with van der Waals surface area (Å²) in [4.78, 5) is 28.1. The first-order chi connectivity index (χ1) is 12.1. The predicted octanol–water partition coefficient (Wildman–Crippen LogP) is 4.24. The third-order valence-corrected chi connectivity index (χ3v) is 5.19. The van der Waals surface area contributed by atoms with Crippen molar-refractivity contribution in [3.63, 3.8) is 0 Å². The van der Waals surface area contributed by atoms with E-state index >= 15 is 0 Å². The maximum atomic E-state index is 12.8. The Bertz CT molecular complexity index is 861. The number of halogens is 1. The van der Waals surface area contributed by atoms with Crippen LogP contribution in [0.25, 0.3) is 5.57 Å². The van der Waals surface area contributed by atoms with E-state index in [1.807, 2.05) is 24.3 Å². The highest BCUT2D eigenvalue weighted by atomic mass is 35.5. The zero-order valence-electron chi connectivity index (χ0n) is 13.8. The fraction of sp³-hybridized carbons (Fsp3) is 0.158. The summed E-state index contributed by atoms with van der Waals surface area (Å²) >= 11 is 7.19. The molecule has 0 aliphatic carbocycles. The lowest BCUT2D eigenvalue weighted by Gasteiger charge is -2.12. The lowest BCUT2D eigenvalue weighted by Crippen LogP contribution is -2.31. The zero-order chi connectivity index (χ0) is 18.0. The Hall–Kier alpha value is -2.24. The predicted molar refractivity (Wildman–Crippen MR) is 99.6 cm³/mol. The molecule has 25 heavy (non-hydrogen) atoms. The minimum atomic E-state index is -0.298. The quantitative estimate of drug-likeness (QED) is 0.735. The van der Waals surface area contributed by atoms with Crippen LogP contribution >= 0.6 is 23.4 Å². The van der Waals surface area contributed by atoms with Crippen LogP contribution in [-0.4, -0.2) is 30.4 Å². The summed E-state index contributed by atoms with van der Waals surface area (Å²) in [7, 11) is 1.55. The lowest BCUT2D eigenvalue weighted by molar-refractivity contribution is -0.136. The van der Waals surface area contributed by atoms with Gasteiger partial charge in [0.2, 0.25) is 0 Å². The number of methoxy groups -OCH3 is 1. The van der Waals surface area contributed by atoms with Crippen LogP contribution in [0.2, 0.25) is 5.02 Å². The van der Waals surface area contributed by atoms with Crippen LogP contribution in [0.5, 0.6) is 5.75 Å². The van der Waals surface area contributed by atoms with Gasteiger partial charge in [-0.3, -0.25) is 14.5 Å². The number of amides is 2. The minimum Gasteiger partial charge on any atom is -0.496 e. The Balaban J connectivity index is 2.13. The van der Waals surface area contributed by atoms with Crippen LogP contribution in [0.15, 0.2) is 58.3 Å². The van der Waals surface area contributed by atoms with Crippen LogP contribution in [0.4, 0.5) is 0 Å². The van der Waals surface area contributed by atoms with Gasteiger partial charge in [-0.2, -0.15) is 0 Å². The van der Waals surface area contributed by atoms with Crippen LogP contribution in [-0.2, 0) is 9.59 Å².